The van der Waals surface area contributed by atoms with Gasteiger partial charge >= 0.3 is 0 Å². The number of carbonyl (C=O) groups is 2. The molecule has 4 rings (SSSR count). The molecule has 1 heterocycles. The summed E-state index contributed by atoms with van der Waals surface area (Å²) in [6, 6.07) is 17.6. The van der Waals surface area contributed by atoms with Gasteiger partial charge in [0.05, 0.1) is 19.2 Å². The fraction of sp³-hybridized carbons (Fsp3) is 0.192. The summed E-state index contributed by atoms with van der Waals surface area (Å²) in [5, 5.41) is 2.98. The minimum absolute atomic E-state index is 0.146. The fourth-order valence-electron chi connectivity index (χ4n) is 3.88. The number of hydrogen-bond donors (Lipinski definition) is 1. The Morgan fingerprint density at radius 2 is 1.57 bits per heavy atom. The number of ether oxygens (including phenoxy) is 1. The number of methoxy groups -OCH3 is 1. The van der Waals surface area contributed by atoms with Gasteiger partial charge in [0.25, 0.3) is 5.91 Å². The third kappa shape index (κ3) is 5.63. The molecule has 0 aromatic heterocycles. The molecule has 9 heteroatoms. The third-order valence-corrected chi connectivity index (χ3v) is 6.13. The summed E-state index contributed by atoms with van der Waals surface area (Å²) in [6.07, 6.45) is 0.354. The smallest absolute Gasteiger partial charge is 0.256 e. The Bertz CT molecular complexity index is 1220. The molecular weight excluding hydrogens is 472 g/mol. The van der Waals surface area contributed by atoms with E-state index in [9.17, 15) is 18.4 Å². The average Bonchev–Trinajstić information content (AvgIpc) is 3.08. The van der Waals surface area contributed by atoms with Crippen LogP contribution in [0.1, 0.15) is 12.0 Å². The standard InChI is InChI=1S/C26H23F2N3O3S/c1-34-22-12-10-21(11-13-22)31-25(33)23(16-24(32)29-20-8-6-19(28)7-9-20)30(26(31)35)15-14-17-2-4-18(27)5-3-17/h2-13,23H,14-16H2,1H3,(H,29,32)/t23-/m0/s1. The van der Waals surface area contributed by atoms with Gasteiger partial charge in [0.2, 0.25) is 5.91 Å². The molecule has 180 valence electrons. The maximum Gasteiger partial charge on any atom is 0.256 e. The zero-order chi connectivity index (χ0) is 24.9. The number of rotatable bonds is 8. The van der Waals surface area contributed by atoms with Crippen LogP contribution in [0.2, 0.25) is 0 Å². The predicted molar refractivity (Wildman–Crippen MR) is 133 cm³/mol. The van der Waals surface area contributed by atoms with E-state index in [2.05, 4.69) is 5.32 Å². The lowest BCUT2D eigenvalue weighted by molar-refractivity contribution is -0.124. The zero-order valence-corrected chi connectivity index (χ0v) is 19.7. The normalized spacial score (nSPS) is 15.5. The molecular formula is C26H23F2N3O3S. The monoisotopic (exact) mass is 495 g/mol. The van der Waals surface area contributed by atoms with Crippen molar-refractivity contribution in [2.45, 2.75) is 18.9 Å². The molecule has 2 amide bonds. The van der Waals surface area contributed by atoms with Crippen molar-refractivity contribution in [3.8, 4) is 5.75 Å². The van der Waals surface area contributed by atoms with E-state index in [1.54, 1.807) is 48.4 Å². The highest BCUT2D eigenvalue weighted by Gasteiger charge is 2.43. The molecule has 3 aromatic carbocycles. The van der Waals surface area contributed by atoms with Crippen molar-refractivity contribution < 1.29 is 23.1 Å². The van der Waals surface area contributed by atoms with Crippen LogP contribution in [-0.4, -0.2) is 41.5 Å². The molecule has 3 aromatic rings. The van der Waals surface area contributed by atoms with E-state index in [1.807, 2.05) is 0 Å². The number of carbonyl (C=O) groups excluding carboxylic acids is 2. The molecule has 0 saturated carbocycles. The van der Waals surface area contributed by atoms with Gasteiger partial charge in [-0.15, -0.1) is 0 Å². The Balaban J connectivity index is 1.55. The van der Waals surface area contributed by atoms with E-state index in [1.165, 1.54) is 41.3 Å². The van der Waals surface area contributed by atoms with Gasteiger partial charge in [-0.1, -0.05) is 12.1 Å². The fourth-order valence-corrected chi connectivity index (χ4v) is 4.29. The van der Waals surface area contributed by atoms with Gasteiger partial charge in [-0.3, -0.25) is 14.5 Å². The number of hydrogen-bond acceptors (Lipinski definition) is 4. The molecule has 1 aliphatic heterocycles. The van der Waals surface area contributed by atoms with Crippen molar-refractivity contribution >= 4 is 40.5 Å². The highest BCUT2D eigenvalue weighted by molar-refractivity contribution is 7.80. The first-order valence-corrected chi connectivity index (χ1v) is 11.3. The number of thiocarbonyl (C=S) groups is 1. The van der Waals surface area contributed by atoms with Gasteiger partial charge in [-0.2, -0.15) is 0 Å². The van der Waals surface area contributed by atoms with Crippen molar-refractivity contribution in [3.63, 3.8) is 0 Å². The van der Waals surface area contributed by atoms with Gasteiger partial charge in [-0.25, -0.2) is 8.78 Å². The highest BCUT2D eigenvalue weighted by atomic mass is 32.1. The minimum Gasteiger partial charge on any atom is -0.497 e. The van der Waals surface area contributed by atoms with Crippen LogP contribution in [0.15, 0.2) is 72.8 Å². The number of nitrogens with one attached hydrogen (secondary N) is 1. The van der Waals surface area contributed by atoms with Crippen molar-refractivity contribution in [2.75, 3.05) is 23.9 Å². The number of halogens is 2. The van der Waals surface area contributed by atoms with Crippen molar-refractivity contribution in [3.05, 3.63) is 90.0 Å². The Morgan fingerprint density at radius 3 is 2.17 bits per heavy atom. The largest absolute Gasteiger partial charge is 0.497 e. The van der Waals surface area contributed by atoms with E-state index in [0.29, 0.717) is 30.1 Å². The Morgan fingerprint density at radius 1 is 0.971 bits per heavy atom. The quantitative estimate of drug-likeness (QED) is 0.465. The Labute approximate surface area is 207 Å². The van der Waals surface area contributed by atoms with Crippen LogP contribution in [-0.2, 0) is 16.0 Å². The molecule has 0 radical (unpaired) electrons. The Hall–Kier alpha value is -3.85. The summed E-state index contributed by atoms with van der Waals surface area (Å²) in [5.41, 5.74) is 1.86. The van der Waals surface area contributed by atoms with Gasteiger partial charge in [-0.05, 0) is 84.9 Å². The highest BCUT2D eigenvalue weighted by Crippen LogP contribution is 2.29. The zero-order valence-electron chi connectivity index (χ0n) is 18.9. The second-order valence-electron chi connectivity index (χ2n) is 8.00. The van der Waals surface area contributed by atoms with Crippen LogP contribution in [0, 0.1) is 11.6 Å². The van der Waals surface area contributed by atoms with E-state index < -0.39 is 17.8 Å². The molecule has 0 spiro atoms. The maximum atomic E-state index is 13.5. The lowest BCUT2D eigenvalue weighted by Crippen LogP contribution is -2.39. The Kier molecular flexibility index (Phi) is 7.36. The van der Waals surface area contributed by atoms with Crippen molar-refractivity contribution in [2.24, 2.45) is 0 Å². The first-order valence-electron chi connectivity index (χ1n) is 10.9. The average molecular weight is 496 g/mol. The molecule has 1 aliphatic rings. The lowest BCUT2D eigenvalue weighted by Gasteiger charge is -2.24. The van der Waals surface area contributed by atoms with E-state index >= 15 is 0 Å². The van der Waals surface area contributed by atoms with E-state index in [4.69, 9.17) is 17.0 Å². The number of benzene rings is 3. The summed E-state index contributed by atoms with van der Waals surface area (Å²) in [6.45, 7) is 0.358. The lowest BCUT2D eigenvalue weighted by atomic mass is 10.1. The van der Waals surface area contributed by atoms with E-state index in [0.717, 1.165) is 5.56 Å². The molecule has 35 heavy (non-hydrogen) atoms. The van der Waals surface area contributed by atoms with Crippen LogP contribution >= 0.6 is 12.2 Å². The van der Waals surface area contributed by atoms with Gasteiger partial charge in [0.1, 0.15) is 23.4 Å². The minimum atomic E-state index is -0.828. The molecule has 0 bridgehead atoms. The SMILES string of the molecule is COc1ccc(N2C(=O)[C@H](CC(=O)Nc3ccc(F)cc3)N(CCc3ccc(F)cc3)C2=S)cc1. The van der Waals surface area contributed by atoms with Gasteiger partial charge in [0, 0.05) is 12.2 Å². The molecule has 6 nitrogen and oxygen atoms in total. The first-order chi connectivity index (χ1) is 16.9. The van der Waals surface area contributed by atoms with Crippen LogP contribution in [0.5, 0.6) is 5.75 Å². The van der Waals surface area contributed by atoms with Crippen molar-refractivity contribution in [1.82, 2.24) is 4.90 Å². The first kappa shape index (κ1) is 24.3. The molecule has 1 fully saturated rings. The summed E-state index contributed by atoms with van der Waals surface area (Å²) in [7, 11) is 1.55. The topological polar surface area (TPSA) is 61.9 Å². The van der Waals surface area contributed by atoms with E-state index in [-0.39, 0.29) is 23.3 Å². The molecule has 0 aliphatic carbocycles. The second kappa shape index (κ2) is 10.6. The number of amides is 2. The predicted octanol–water partition coefficient (Wildman–Crippen LogP) is 4.55. The van der Waals surface area contributed by atoms with Gasteiger partial charge in [0.15, 0.2) is 5.11 Å². The van der Waals surface area contributed by atoms with Crippen LogP contribution in [0.3, 0.4) is 0 Å². The molecule has 1 saturated heterocycles. The third-order valence-electron chi connectivity index (χ3n) is 5.71. The maximum absolute atomic E-state index is 13.5. The van der Waals surface area contributed by atoms with Crippen molar-refractivity contribution in [1.29, 1.82) is 0 Å². The summed E-state index contributed by atoms with van der Waals surface area (Å²) in [5.74, 6) is -0.840. The van der Waals surface area contributed by atoms with Crippen LogP contribution in [0.25, 0.3) is 0 Å². The molecule has 1 N–H and O–H groups in total. The second-order valence-corrected chi connectivity index (χ2v) is 8.36. The molecule has 0 unspecified atom stereocenters. The summed E-state index contributed by atoms with van der Waals surface area (Å²) >= 11 is 5.66. The van der Waals surface area contributed by atoms with Crippen LogP contribution < -0.4 is 15.0 Å². The number of anilines is 2. The summed E-state index contributed by atoms with van der Waals surface area (Å²) < 4.78 is 31.7. The summed E-state index contributed by atoms with van der Waals surface area (Å²) in [4.78, 5) is 29.4. The number of nitrogens with zero attached hydrogens (tertiary/aromatic N) is 2. The van der Waals surface area contributed by atoms with Gasteiger partial charge < -0.3 is 15.0 Å². The van der Waals surface area contributed by atoms with Crippen LogP contribution in [0.4, 0.5) is 20.2 Å². The molecule has 1 atom stereocenters.